The van der Waals surface area contributed by atoms with Gasteiger partial charge in [0, 0.05) is 19.2 Å². The lowest BCUT2D eigenvalue weighted by atomic mass is 9.93. The fourth-order valence-corrected chi connectivity index (χ4v) is 3.51. The molecule has 1 atom stereocenters. The lowest BCUT2D eigenvalue weighted by molar-refractivity contribution is -0.135. The van der Waals surface area contributed by atoms with Gasteiger partial charge in [0.05, 0.1) is 5.41 Å². The first-order chi connectivity index (χ1) is 9.78. The number of rotatable bonds is 5. The third-order valence-electron chi connectivity index (χ3n) is 4.82. The highest BCUT2D eigenvalue weighted by molar-refractivity contribution is 5.91. The van der Waals surface area contributed by atoms with Crippen molar-refractivity contribution in [1.29, 1.82) is 0 Å². The first-order valence-corrected chi connectivity index (χ1v) is 7.75. The van der Waals surface area contributed by atoms with Crippen LogP contribution in [0.1, 0.15) is 44.1 Å². The van der Waals surface area contributed by atoms with Crippen LogP contribution in [0.5, 0.6) is 0 Å². The van der Waals surface area contributed by atoms with Crippen molar-refractivity contribution in [3.63, 3.8) is 0 Å². The predicted molar refractivity (Wildman–Crippen MR) is 78.4 cm³/mol. The summed E-state index contributed by atoms with van der Waals surface area (Å²) >= 11 is 0. The van der Waals surface area contributed by atoms with Crippen molar-refractivity contribution in [2.75, 3.05) is 13.2 Å². The van der Waals surface area contributed by atoms with Gasteiger partial charge in [-0.15, -0.1) is 0 Å². The second kappa shape index (κ2) is 5.57. The van der Waals surface area contributed by atoms with Crippen molar-refractivity contribution in [1.82, 2.24) is 4.90 Å². The average molecular weight is 273 g/mol. The van der Waals surface area contributed by atoms with Crippen molar-refractivity contribution >= 4 is 5.91 Å². The van der Waals surface area contributed by atoms with Gasteiger partial charge in [0.2, 0.25) is 5.91 Å². The standard InChI is InChI=1S/C17H23NO2/c19-13-5-9-15-8-4-12-18(15)16(20)17(10-11-17)14-6-2-1-3-7-14/h1-3,6-7,15,19H,4-5,8-13H2. The Labute approximate surface area is 120 Å². The van der Waals surface area contributed by atoms with E-state index in [1.54, 1.807) is 0 Å². The molecule has 0 radical (unpaired) electrons. The van der Waals surface area contributed by atoms with Crippen molar-refractivity contribution in [3.05, 3.63) is 35.9 Å². The van der Waals surface area contributed by atoms with Crippen LogP contribution >= 0.6 is 0 Å². The Hall–Kier alpha value is -1.35. The van der Waals surface area contributed by atoms with Gasteiger partial charge >= 0.3 is 0 Å². The van der Waals surface area contributed by atoms with Gasteiger partial charge < -0.3 is 10.0 Å². The van der Waals surface area contributed by atoms with Crippen LogP contribution in [0.15, 0.2) is 30.3 Å². The Kier molecular flexibility index (Phi) is 3.79. The van der Waals surface area contributed by atoms with E-state index in [2.05, 4.69) is 17.0 Å². The molecule has 1 N–H and O–H groups in total. The van der Waals surface area contributed by atoms with Gasteiger partial charge in [-0.05, 0) is 44.1 Å². The summed E-state index contributed by atoms with van der Waals surface area (Å²) in [4.78, 5) is 15.1. The maximum atomic E-state index is 13.0. The Morgan fingerprint density at radius 2 is 2.05 bits per heavy atom. The first-order valence-electron chi connectivity index (χ1n) is 7.75. The zero-order valence-corrected chi connectivity index (χ0v) is 11.9. The minimum Gasteiger partial charge on any atom is -0.396 e. The van der Waals surface area contributed by atoms with E-state index in [1.807, 2.05) is 18.2 Å². The first kappa shape index (κ1) is 13.6. The SMILES string of the molecule is O=C(N1CCCC1CCCO)C1(c2ccccc2)CC1. The van der Waals surface area contributed by atoms with Crippen LogP contribution in [0, 0.1) is 0 Å². The van der Waals surface area contributed by atoms with Crippen LogP contribution in [-0.4, -0.2) is 35.1 Å². The molecule has 1 aromatic carbocycles. The van der Waals surface area contributed by atoms with Crippen LogP contribution in [0.2, 0.25) is 0 Å². The van der Waals surface area contributed by atoms with Gasteiger partial charge in [0.15, 0.2) is 0 Å². The molecule has 1 heterocycles. The Bertz CT molecular complexity index is 467. The quantitative estimate of drug-likeness (QED) is 0.895. The second-order valence-electron chi connectivity index (χ2n) is 6.11. The summed E-state index contributed by atoms with van der Waals surface area (Å²) < 4.78 is 0. The van der Waals surface area contributed by atoms with E-state index in [-0.39, 0.29) is 12.0 Å². The minimum absolute atomic E-state index is 0.225. The highest BCUT2D eigenvalue weighted by atomic mass is 16.3. The summed E-state index contributed by atoms with van der Waals surface area (Å²) in [5.74, 6) is 0.323. The number of carbonyl (C=O) groups excluding carboxylic acids is 1. The number of hydrogen-bond donors (Lipinski definition) is 1. The van der Waals surface area contributed by atoms with E-state index in [1.165, 1.54) is 5.56 Å². The van der Waals surface area contributed by atoms with Crippen LogP contribution in [0.4, 0.5) is 0 Å². The number of likely N-dealkylation sites (tertiary alicyclic amines) is 1. The fourth-order valence-electron chi connectivity index (χ4n) is 3.51. The Morgan fingerprint density at radius 3 is 2.70 bits per heavy atom. The lowest BCUT2D eigenvalue weighted by Crippen LogP contribution is -2.42. The van der Waals surface area contributed by atoms with Gasteiger partial charge in [-0.2, -0.15) is 0 Å². The van der Waals surface area contributed by atoms with E-state index >= 15 is 0 Å². The number of hydrogen-bond acceptors (Lipinski definition) is 2. The molecule has 1 saturated carbocycles. The summed E-state index contributed by atoms with van der Waals surface area (Å²) in [6.45, 7) is 1.12. The summed E-state index contributed by atoms with van der Waals surface area (Å²) in [5, 5.41) is 9.00. The van der Waals surface area contributed by atoms with Gasteiger partial charge in [-0.3, -0.25) is 4.79 Å². The smallest absolute Gasteiger partial charge is 0.233 e. The highest BCUT2D eigenvalue weighted by Gasteiger charge is 2.54. The molecule has 1 amide bonds. The number of benzene rings is 1. The van der Waals surface area contributed by atoms with E-state index < -0.39 is 0 Å². The molecule has 1 aromatic rings. The van der Waals surface area contributed by atoms with Crippen molar-refractivity contribution < 1.29 is 9.90 Å². The van der Waals surface area contributed by atoms with Crippen molar-refractivity contribution in [3.8, 4) is 0 Å². The number of aliphatic hydroxyl groups excluding tert-OH is 1. The fraction of sp³-hybridized carbons (Fsp3) is 0.588. The molecule has 3 heteroatoms. The molecule has 0 bridgehead atoms. The van der Waals surface area contributed by atoms with Gasteiger partial charge in [-0.25, -0.2) is 0 Å². The van der Waals surface area contributed by atoms with E-state index in [0.717, 1.165) is 45.1 Å². The third kappa shape index (κ3) is 2.35. The summed E-state index contributed by atoms with van der Waals surface area (Å²) in [5.41, 5.74) is 0.945. The largest absolute Gasteiger partial charge is 0.396 e. The topological polar surface area (TPSA) is 40.5 Å². The Morgan fingerprint density at radius 1 is 1.30 bits per heavy atom. The van der Waals surface area contributed by atoms with Crippen LogP contribution in [0.3, 0.4) is 0 Å². The molecular weight excluding hydrogens is 250 g/mol. The lowest BCUT2D eigenvalue weighted by Gasteiger charge is -2.29. The van der Waals surface area contributed by atoms with Crippen LogP contribution in [0.25, 0.3) is 0 Å². The number of amides is 1. The molecule has 1 aliphatic heterocycles. The van der Waals surface area contributed by atoms with E-state index in [0.29, 0.717) is 11.9 Å². The molecular formula is C17H23NO2. The minimum atomic E-state index is -0.233. The molecule has 1 unspecified atom stereocenters. The molecule has 0 aromatic heterocycles. The monoisotopic (exact) mass is 273 g/mol. The molecule has 1 saturated heterocycles. The predicted octanol–water partition coefficient (Wildman–Crippen LogP) is 2.48. The van der Waals surface area contributed by atoms with Gasteiger partial charge in [0.25, 0.3) is 0 Å². The summed E-state index contributed by atoms with van der Waals surface area (Å²) in [7, 11) is 0. The van der Waals surface area contributed by atoms with Crippen molar-refractivity contribution in [2.24, 2.45) is 0 Å². The molecule has 2 fully saturated rings. The maximum Gasteiger partial charge on any atom is 0.233 e. The highest BCUT2D eigenvalue weighted by Crippen LogP contribution is 2.50. The van der Waals surface area contributed by atoms with Gasteiger partial charge in [-0.1, -0.05) is 30.3 Å². The number of aliphatic hydroxyl groups is 1. The van der Waals surface area contributed by atoms with Gasteiger partial charge in [0.1, 0.15) is 0 Å². The second-order valence-corrected chi connectivity index (χ2v) is 6.11. The normalized spacial score (nSPS) is 23.9. The molecule has 20 heavy (non-hydrogen) atoms. The van der Waals surface area contributed by atoms with Crippen LogP contribution in [-0.2, 0) is 10.2 Å². The molecule has 108 valence electrons. The summed E-state index contributed by atoms with van der Waals surface area (Å²) in [6, 6.07) is 10.6. The average Bonchev–Trinajstić information content (AvgIpc) is 3.18. The molecule has 3 nitrogen and oxygen atoms in total. The van der Waals surface area contributed by atoms with E-state index in [4.69, 9.17) is 5.11 Å². The summed E-state index contributed by atoms with van der Waals surface area (Å²) in [6.07, 6.45) is 5.90. The zero-order valence-electron chi connectivity index (χ0n) is 11.9. The molecule has 1 aliphatic carbocycles. The number of carbonyl (C=O) groups is 1. The molecule has 2 aliphatic rings. The zero-order chi connectivity index (χ0) is 14.0. The molecule has 0 spiro atoms. The number of nitrogens with zero attached hydrogens (tertiary/aromatic N) is 1. The third-order valence-corrected chi connectivity index (χ3v) is 4.82. The Balaban J connectivity index is 1.75. The van der Waals surface area contributed by atoms with Crippen molar-refractivity contribution in [2.45, 2.75) is 50.0 Å². The molecule has 3 rings (SSSR count). The maximum absolute atomic E-state index is 13.0. The van der Waals surface area contributed by atoms with E-state index in [9.17, 15) is 4.79 Å². The van der Waals surface area contributed by atoms with Crippen LogP contribution < -0.4 is 0 Å².